The highest BCUT2D eigenvalue weighted by Gasteiger charge is 2.21. The Morgan fingerprint density at radius 1 is 1.17 bits per heavy atom. The molecule has 3 N–H and O–H groups in total. The van der Waals surface area contributed by atoms with Gasteiger partial charge in [0.15, 0.2) is 5.96 Å². The molecule has 0 radical (unpaired) electrons. The van der Waals surface area contributed by atoms with Crippen LogP contribution in [0.2, 0.25) is 0 Å². The zero-order chi connectivity index (χ0) is 20.9. The number of aromatic amines is 1. The van der Waals surface area contributed by atoms with Crippen molar-refractivity contribution in [1.82, 2.24) is 20.6 Å². The van der Waals surface area contributed by atoms with Gasteiger partial charge in [-0.05, 0) is 56.4 Å². The van der Waals surface area contributed by atoms with Gasteiger partial charge in [0.1, 0.15) is 5.82 Å². The first-order valence-electron chi connectivity index (χ1n) is 10.9. The Bertz CT molecular complexity index is 1010. The molecule has 4 rings (SSSR count). The van der Waals surface area contributed by atoms with Crippen molar-refractivity contribution >= 4 is 22.7 Å². The van der Waals surface area contributed by atoms with Crippen LogP contribution in [0.1, 0.15) is 29.7 Å². The van der Waals surface area contributed by atoms with Crippen molar-refractivity contribution in [2.45, 2.75) is 39.2 Å². The number of anilines is 1. The van der Waals surface area contributed by atoms with Crippen molar-refractivity contribution in [3.63, 3.8) is 0 Å². The highest BCUT2D eigenvalue weighted by atomic mass is 15.2. The van der Waals surface area contributed by atoms with E-state index in [2.05, 4.69) is 73.9 Å². The molecule has 3 aromatic rings. The molecule has 0 amide bonds. The fourth-order valence-electron chi connectivity index (χ4n) is 4.23. The molecule has 158 valence electrons. The van der Waals surface area contributed by atoms with Gasteiger partial charge in [0, 0.05) is 55.5 Å². The summed E-state index contributed by atoms with van der Waals surface area (Å²) in [4.78, 5) is 14.9. The van der Waals surface area contributed by atoms with Gasteiger partial charge in [0.2, 0.25) is 0 Å². The van der Waals surface area contributed by atoms with Gasteiger partial charge in [-0.15, -0.1) is 0 Å². The summed E-state index contributed by atoms with van der Waals surface area (Å²) >= 11 is 0. The molecule has 0 unspecified atom stereocenters. The standard InChI is InChI=1S/C24H32N6/c1-17-6-4-8-21-19(16-27-23(17)21)10-13-26-24(25-3)29-20-11-14-30(15-12-20)22-9-5-7-18(2)28-22/h4-9,16,20,27H,10-15H2,1-3H3,(H2,25,26,29). The first-order chi connectivity index (χ1) is 14.6. The lowest BCUT2D eigenvalue weighted by atomic mass is 10.1. The minimum atomic E-state index is 0.438. The average molecular weight is 405 g/mol. The molecular weight excluding hydrogens is 372 g/mol. The fraction of sp³-hybridized carbons (Fsp3) is 0.417. The van der Waals surface area contributed by atoms with Crippen LogP contribution in [0.15, 0.2) is 47.6 Å². The van der Waals surface area contributed by atoms with Crippen LogP contribution in [0, 0.1) is 13.8 Å². The van der Waals surface area contributed by atoms with Crippen molar-refractivity contribution in [3.05, 3.63) is 59.4 Å². The maximum atomic E-state index is 4.66. The second-order valence-electron chi connectivity index (χ2n) is 8.10. The third kappa shape index (κ3) is 4.58. The Kier molecular flexibility index (Phi) is 6.21. The minimum absolute atomic E-state index is 0.438. The smallest absolute Gasteiger partial charge is 0.191 e. The van der Waals surface area contributed by atoms with E-state index in [0.717, 1.165) is 56.4 Å². The first kappa shape index (κ1) is 20.3. The summed E-state index contributed by atoms with van der Waals surface area (Å²) in [6, 6.07) is 13.1. The molecule has 0 saturated carbocycles. The van der Waals surface area contributed by atoms with Crippen molar-refractivity contribution in [1.29, 1.82) is 0 Å². The zero-order valence-corrected chi connectivity index (χ0v) is 18.2. The van der Waals surface area contributed by atoms with E-state index in [0.29, 0.717) is 6.04 Å². The number of nitrogens with one attached hydrogen (secondary N) is 3. The molecule has 1 aliphatic heterocycles. The predicted octanol–water partition coefficient (Wildman–Crippen LogP) is 3.56. The number of H-pyrrole nitrogens is 1. The van der Waals surface area contributed by atoms with Crippen LogP contribution in [-0.4, -0.2) is 48.7 Å². The molecule has 0 spiro atoms. The van der Waals surface area contributed by atoms with E-state index in [1.54, 1.807) is 0 Å². The van der Waals surface area contributed by atoms with E-state index in [4.69, 9.17) is 0 Å². The average Bonchev–Trinajstić information content (AvgIpc) is 3.18. The number of nitrogens with zero attached hydrogens (tertiary/aromatic N) is 3. The monoisotopic (exact) mass is 404 g/mol. The van der Waals surface area contributed by atoms with E-state index in [-0.39, 0.29) is 0 Å². The number of hydrogen-bond donors (Lipinski definition) is 3. The van der Waals surface area contributed by atoms with Gasteiger partial charge in [-0.3, -0.25) is 4.99 Å². The molecule has 0 atom stereocenters. The van der Waals surface area contributed by atoms with Crippen LogP contribution in [-0.2, 0) is 6.42 Å². The number of para-hydroxylation sites is 1. The summed E-state index contributed by atoms with van der Waals surface area (Å²) in [5.41, 5.74) is 4.94. The second kappa shape index (κ2) is 9.20. The zero-order valence-electron chi connectivity index (χ0n) is 18.2. The maximum Gasteiger partial charge on any atom is 0.191 e. The molecule has 0 bridgehead atoms. The van der Waals surface area contributed by atoms with Crippen molar-refractivity contribution in [3.8, 4) is 0 Å². The molecule has 6 heteroatoms. The Hall–Kier alpha value is -3.02. The molecule has 2 aromatic heterocycles. The molecule has 6 nitrogen and oxygen atoms in total. The molecule has 1 aliphatic rings. The summed E-state index contributed by atoms with van der Waals surface area (Å²) < 4.78 is 0. The lowest BCUT2D eigenvalue weighted by Gasteiger charge is -2.34. The van der Waals surface area contributed by atoms with Gasteiger partial charge in [-0.1, -0.05) is 24.3 Å². The van der Waals surface area contributed by atoms with Crippen LogP contribution < -0.4 is 15.5 Å². The summed E-state index contributed by atoms with van der Waals surface area (Å²) in [5.74, 6) is 1.98. The van der Waals surface area contributed by atoms with E-state index < -0.39 is 0 Å². The number of hydrogen-bond acceptors (Lipinski definition) is 3. The molecule has 3 heterocycles. The first-order valence-corrected chi connectivity index (χ1v) is 10.9. The molecule has 1 saturated heterocycles. The topological polar surface area (TPSA) is 68.3 Å². The van der Waals surface area contributed by atoms with Crippen molar-refractivity contribution < 1.29 is 0 Å². The SMILES string of the molecule is CN=C(NCCc1c[nH]c2c(C)cccc12)NC1CCN(c2cccc(C)n2)CC1. The quantitative estimate of drug-likeness (QED) is 0.449. The van der Waals surface area contributed by atoms with Crippen LogP contribution >= 0.6 is 0 Å². The lowest BCUT2D eigenvalue weighted by molar-refractivity contribution is 0.459. The Labute approximate surface area is 178 Å². The second-order valence-corrected chi connectivity index (χ2v) is 8.10. The van der Waals surface area contributed by atoms with Crippen LogP contribution in [0.3, 0.4) is 0 Å². The summed E-state index contributed by atoms with van der Waals surface area (Å²) in [6.07, 6.45) is 5.25. The number of aryl methyl sites for hydroxylation is 2. The largest absolute Gasteiger partial charge is 0.361 e. The van der Waals surface area contributed by atoms with E-state index in [1.165, 1.54) is 22.0 Å². The molecule has 1 fully saturated rings. The molecule has 30 heavy (non-hydrogen) atoms. The summed E-state index contributed by atoms with van der Waals surface area (Å²) in [6.45, 7) is 7.07. The number of fused-ring (bicyclic) bond motifs is 1. The van der Waals surface area contributed by atoms with Gasteiger partial charge >= 0.3 is 0 Å². The predicted molar refractivity (Wildman–Crippen MR) is 125 cm³/mol. The third-order valence-electron chi connectivity index (χ3n) is 5.95. The number of rotatable bonds is 5. The van der Waals surface area contributed by atoms with Crippen LogP contribution in [0.5, 0.6) is 0 Å². The lowest BCUT2D eigenvalue weighted by Crippen LogP contribution is -2.49. The van der Waals surface area contributed by atoms with Crippen LogP contribution in [0.25, 0.3) is 10.9 Å². The number of aromatic nitrogens is 2. The Morgan fingerprint density at radius 3 is 2.73 bits per heavy atom. The summed E-state index contributed by atoms with van der Waals surface area (Å²) in [7, 11) is 1.84. The summed E-state index contributed by atoms with van der Waals surface area (Å²) in [5, 5.41) is 8.40. The molecular formula is C24H32N6. The van der Waals surface area contributed by atoms with Gasteiger partial charge in [-0.25, -0.2) is 4.98 Å². The number of benzene rings is 1. The number of aliphatic imine (C=N–C) groups is 1. The molecule has 0 aliphatic carbocycles. The highest BCUT2D eigenvalue weighted by molar-refractivity contribution is 5.86. The van der Waals surface area contributed by atoms with Crippen molar-refractivity contribution in [2.75, 3.05) is 31.6 Å². The van der Waals surface area contributed by atoms with E-state index in [1.807, 2.05) is 20.0 Å². The maximum absolute atomic E-state index is 4.66. The fourth-order valence-corrected chi connectivity index (χ4v) is 4.23. The number of guanidine groups is 1. The third-order valence-corrected chi connectivity index (χ3v) is 5.95. The highest BCUT2D eigenvalue weighted by Crippen LogP contribution is 2.21. The van der Waals surface area contributed by atoms with Gasteiger partial charge in [-0.2, -0.15) is 0 Å². The van der Waals surface area contributed by atoms with Crippen molar-refractivity contribution in [2.24, 2.45) is 4.99 Å². The van der Waals surface area contributed by atoms with Gasteiger partial charge < -0.3 is 20.5 Å². The number of piperidine rings is 1. The minimum Gasteiger partial charge on any atom is -0.361 e. The van der Waals surface area contributed by atoms with E-state index >= 15 is 0 Å². The Morgan fingerprint density at radius 2 is 1.97 bits per heavy atom. The van der Waals surface area contributed by atoms with Gasteiger partial charge in [0.25, 0.3) is 0 Å². The normalized spacial score (nSPS) is 15.6. The molecule has 1 aromatic carbocycles. The van der Waals surface area contributed by atoms with E-state index in [9.17, 15) is 0 Å². The Balaban J connectivity index is 1.26. The van der Waals surface area contributed by atoms with Gasteiger partial charge in [0.05, 0.1) is 0 Å². The number of pyridine rings is 1. The van der Waals surface area contributed by atoms with Crippen LogP contribution in [0.4, 0.5) is 5.82 Å².